The third-order valence-electron chi connectivity index (χ3n) is 4.43. The van der Waals surface area contributed by atoms with E-state index in [1.807, 2.05) is 13.8 Å². The highest BCUT2D eigenvalue weighted by Crippen LogP contribution is 2.17. The maximum absolute atomic E-state index is 12.5. The smallest absolute Gasteiger partial charge is 0.338 e. The molecule has 1 N–H and O–H groups in total. The molecule has 0 bridgehead atoms. The molecule has 8 heteroatoms. The first kappa shape index (κ1) is 22.8. The van der Waals surface area contributed by atoms with E-state index in [4.69, 9.17) is 4.74 Å². The lowest BCUT2D eigenvalue weighted by atomic mass is 10.1. The average molecular weight is 421 g/mol. The number of nitrogens with one attached hydrogen (secondary N) is 1. The van der Waals surface area contributed by atoms with Crippen molar-refractivity contribution in [2.24, 2.45) is 0 Å². The summed E-state index contributed by atoms with van der Waals surface area (Å²) in [6.45, 7) is 9.69. The van der Waals surface area contributed by atoms with Crippen LogP contribution in [0.1, 0.15) is 59.3 Å². The van der Waals surface area contributed by atoms with E-state index in [1.165, 1.54) is 24.3 Å². The van der Waals surface area contributed by atoms with Gasteiger partial charge in [0.25, 0.3) is 0 Å². The molecule has 0 atom stereocenters. The number of Topliss-reactive ketones (excluding diaryl/α,β-unsaturated/α-hetero) is 1. The van der Waals surface area contributed by atoms with E-state index in [9.17, 15) is 18.0 Å². The standard InChI is InChI=1S/C21H28N2O5S/c1-6-10-23-15(4)11-19(16(23)5)20(24)13-28-21(25)17-8-7-9-18(12-17)29(26,27)22-14(2)3/h7-9,11-12,14,22H,6,10,13H2,1-5H3. The molecule has 0 aliphatic rings. The van der Waals surface area contributed by atoms with Gasteiger partial charge in [-0.25, -0.2) is 17.9 Å². The fourth-order valence-corrected chi connectivity index (χ4v) is 4.41. The topological polar surface area (TPSA) is 94.5 Å². The largest absolute Gasteiger partial charge is 0.454 e. The molecule has 0 spiro atoms. The van der Waals surface area contributed by atoms with Crippen LogP contribution >= 0.6 is 0 Å². The van der Waals surface area contributed by atoms with Gasteiger partial charge in [0, 0.05) is 29.5 Å². The van der Waals surface area contributed by atoms with Crippen molar-refractivity contribution in [3.05, 3.63) is 52.8 Å². The van der Waals surface area contributed by atoms with Gasteiger partial charge in [-0.1, -0.05) is 13.0 Å². The van der Waals surface area contributed by atoms with Crippen LogP contribution in [0.4, 0.5) is 0 Å². The highest BCUT2D eigenvalue weighted by Gasteiger charge is 2.20. The molecule has 0 radical (unpaired) electrons. The van der Waals surface area contributed by atoms with Crippen LogP contribution in [0.2, 0.25) is 0 Å². The SMILES string of the molecule is CCCn1c(C)cc(C(=O)COC(=O)c2cccc(S(=O)(=O)NC(C)C)c2)c1C. The van der Waals surface area contributed by atoms with Crippen molar-refractivity contribution < 1.29 is 22.7 Å². The van der Waals surface area contributed by atoms with Crippen LogP contribution in [0, 0.1) is 13.8 Å². The van der Waals surface area contributed by atoms with Gasteiger partial charge in [0.15, 0.2) is 6.61 Å². The first-order valence-electron chi connectivity index (χ1n) is 9.56. The van der Waals surface area contributed by atoms with Crippen molar-refractivity contribution in [1.29, 1.82) is 0 Å². The number of carbonyl (C=O) groups excluding carboxylic acids is 2. The summed E-state index contributed by atoms with van der Waals surface area (Å²) in [6, 6.07) is 7.08. The predicted octanol–water partition coefficient (Wildman–Crippen LogP) is 3.24. The zero-order valence-electron chi connectivity index (χ0n) is 17.5. The minimum absolute atomic E-state index is 0.0323. The van der Waals surface area contributed by atoms with Crippen LogP contribution in [0.25, 0.3) is 0 Å². The van der Waals surface area contributed by atoms with Gasteiger partial charge in [-0.2, -0.15) is 0 Å². The summed E-state index contributed by atoms with van der Waals surface area (Å²) in [5.41, 5.74) is 2.43. The Morgan fingerprint density at radius 3 is 2.48 bits per heavy atom. The molecule has 7 nitrogen and oxygen atoms in total. The molecule has 0 saturated heterocycles. The summed E-state index contributed by atoms with van der Waals surface area (Å²) in [7, 11) is -3.73. The highest BCUT2D eigenvalue weighted by molar-refractivity contribution is 7.89. The Hall–Kier alpha value is -2.45. The lowest BCUT2D eigenvalue weighted by molar-refractivity contribution is 0.0474. The van der Waals surface area contributed by atoms with Gasteiger partial charge in [-0.15, -0.1) is 0 Å². The quantitative estimate of drug-likeness (QED) is 0.496. The molecule has 0 fully saturated rings. The van der Waals surface area contributed by atoms with Crippen LogP contribution in [0.5, 0.6) is 0 Å². The van der Waals surface area contributed by atoms with Gasteiger partial charge >= 0.3 is 5.97 Å². The summed E-state index contributed by atoms with van der Waals surface area (Å²) in [4.78, 5) is 24.8. The normalized spacial score (nSPS) is 11.7. The number of hydrogen-bond acceptors (Lipinski definition) is 5. The minimum Gasteiger partial charge on any atom is -0.454 e. The third-order valence-corrected chi connectivity index (χ3v) is 6.08. The number of rotatable bonds is 9. The maximum Gasteiger partial charge on any atom is 0.338 e. The van der Waals surface area contributed by atoms with E-state index in [2.05, 4.69) is 16.2 Å². The number of nitrogens with zero attached hydrogens (tertiary/aromatic N) is 1. The number of esters is 1. The second-order valence-electron chi connectivity index (χ2n) is 7.24. The van der Waals surface area contributed by atoms with Gasteiger partial charge in [-0.05, 0) is 58.4 Å². The van der Waals surface area contributed by atoms with Crippen molar-refractivity contribution in [3.8, 4) is 0 Å². The monoisotopic (exact) mass is 420 g/mol. The Kier molecular flexibility index (Phi) is 7.37. The Labute approximate surface area is 172 Å². The molecule has 0 unspecified atom stereocenters. The number of ether oxygens (including phenoxy) is 1. The maximum atomic E-state index is 12.5. The summed E-state index contributed by atoms with van der Waals surface area (Å²) in [5, 5.41) is 0. The second kappa shape index (κ2) is 9.37. The van der Waals surface area contributed by atoms with E-state index in [0.717, 1.165) is 24.4 Å². The first-order valence-corrected chi connectivity index (χ1v) is 11.0. The van der Waals surface area contributed by atoms with Crippen LogP contribution in [0.15, 0.2) is 35.2 Å². The fraction of sp³-hybridized carbons (Fsp3) is 0.429. The number of carbonyl (C=O) groups is 2. The Morgan fingerprint density at radius 1 is 1.17 bits per heavy atom. The predicted molar refractivity (Wildman–Crippen MR) is 111 cm³/mol. The van der Waals surface area contributed by atoms with Crippen LogP contribution < -0.4 is 4.72 Å². The van der Waals surface area contributed by atoms with E-state index >= 15 is 0 Å². The molecule has 0 aliphatic carbocycles. The van der Waals surface area contributed by atoms with Crippen molar-refractivity contribution in [2.45, 2.75) is 58.5 Å². The molecule has 2 aromatic rings. The third kappa shape index (κ3) is 5.55. The number of hydrogen-bond donors (Lipinski definition) is 1. The number of ketones is 1. The summed E-state index contributed by atoms with van der Waals surface area (Å²) < 4.78 is 34.2. The highest BCUT2D eigenvalue weighted by atomic mass is 32.2. The summed E-state index contributed by atoms with van der Waals surface area (Å²) in [5.74, 6) is -1.04. The number of aromatic nitrogens is 1. The zero-order chi connectivity index (χ0) is 21.8. The lowest BCUT2D eigenvalue weighted by Gasteiger charge is -2.10. The lowest BCUT2D eigenvalue weighted by Crippen LogP contribution is -2.30. The van der Waals surface area contributed by atoms with Gasteiger partial charge in [-0.3, -0.25) is 4.79 Å². The zero-order valence-corrected chi connectivity index (χ0v) is 18.3. The first-order chi connectivity index (χ1) is 13.6. The van der Waals surface area contributed by atoms with Gasteiger partial charge in [0.2, 0.25) is 15.8 Å². The van der Waals surface area contributed by atoms with Gasteiger partial charge in [0.05, 0.1) is 10.5 Å². The van der Waals surface area contributed by atoms with E-state index in [1.54, 1.807) is 19.9 Å². The van der Waals surface area contributed by atoms with Crippen molar-refractivity contribution in [3.63, 3.8) is 0 Å². The van der Waals surface area contributed by atoms with Crippen LogP contribution in [-0.4, -0.2) is 37.4 Å². The molecule has 0 amide bonds. The van der Waals surface area contributed by atoms with Gasteiger partial charge in [0.1, 0.15) is 0 Å². The van der Waals surface area contributed by atoms with E-state index < -0.39 is 22.6 Å². The fourth-order valence-electron chi connectivity index (χ4n) is 3.11. The Morgan fingerprint density at radius 2 is 1.86 bits per heavy atom. The molecule has 29 heavy (non-hydrogen) atoms. The summed E-state index contributed by atoms with van der Waals surface area (Å²) in [6.07, 6.45) is 0.948. The molecule has 0 aliphatic heterocycles. The average Bonchev–Trinajstić information content (AvgIpc) is 2.93. The van der Waals surface area contributed by atoms with Crippen molar-refractivity contribution in [1.82, 2.24) is 9.29 Å². The van der Waals surface area contributed by atoms with E-state index in [-0.39, 0.29) is 22.3 Å². The number of benzene rings is 1. The van der Waals surface area contributed by atoms with E-state index in [0.29, 0.717) is 5.56 Å². The second-order valence-corrected chi connectivity index (χ2v) is 8.95. The Balaban J connectivity index is 2.11. The number of aryl methyl sites for hydroxylation is 1. The molecule has 1 heterocycles. The van der Waals surface area contributed by atoms with Crippen molar-refractivity contribution in [2.75, 3.05) is 6.61 Å². The number of sulfonamides is 1. The molecule has 1 aromatic heterocycles. The summed E-state index contributed by atoms with van der Waals surface area (Å²) >= 11 is 0. The molecule has 158 valence electrons. The molecular formula is C21H28N2O5S. The van der Waals surface area contributed by atoms with Crippen LogP contribution in [-0.2, 0) is 21.3 Å². The molecular weight excluding hydrogens is 392 g/mol. The van der Waals surface area contributed by atoms with Gasteiger partial charge < -0.3 is 9.30 Å². The molecule has 0 saturated carbocycles. The Bertz CT molecular complexity index is 1010. The molecule has 2 rings (SSSR count). The molecule has 1 aromatic carbocycles. The minimum atomic E-state index is -3.73. The van der Waals surface area contributed by atoms with Crippen LogP contribution in [0.3, 0.4) is 0 Å². The van der Waals surface area contributed by atoms with Crippen molar-refractivity contribution >= 4 is 21.8 Å².